The van der Waals surface area contributed by atoms with E-state index in [-0.39, 0.29) is 11.7 Å². The van der Waals surface area contributed by atoms with Crippen LogP contribution >= 0.6 is 23.1 Å². The Morgan fingerprint density at radius 1 is 1.32 bits per heavy atom. The number of hydrogen-bond acceptors (Lipinski definition) is 4. The summed E-state index contributed by atoms with van der Waals surface area (Å²) in [6.45, 7) is 2.20. The monoisotopic (exact) mass is 376 g/mol. The number of nitrogens with zero attached hydrogens (tertiary/aromatic N) is 2. The third-order valence-corrected chi connectivity index (χ3v) is 6.92. The van der Waals surface area contributed by atoms with Gasteiger partial charge in [-0.25, -0.2) is 9.37 Å². The standard InChI is InChI=1S/C19H21FN2OS2/c1-12(13-2-3-13)22(16-8-9-16)18(23)11-25-19-21-17(10-24-19)14-4-6-15(20)7-5-14/h4-7,10,12-13,16H,2-3,8-9,11H2,1H3. The van der Waals surface area contributed by atoms with Crippen LogP contribution in [0.4, 0.5) is 4.39 Å². The largest absolute Gasteiger partial charge is 0.336 e. The lowest BCUT2D eigenvalue weighted by molar-refractivity contribution is -0.131. The van der Waals surface area contributed by atoms with Gasteiger partial charge in [0.15, 0.2) is 4.34 Å². The third kappa shape index (κ3) is 4.06. The second-order valence-electron chi connectivity index (χ2n) is 6.90. The quantitative estimate of drug-likeness (QED) is 0.649. The smallest absolute Gasteiger partial charge is 0.233 e. The van der Waals surface area contributed by atoms with Crippen LogP contribution in [0, 0.1) is 11.7 Å². The Labute approximate surface area is 155 Å². The second-order valence-corrected chi connectivity index (χ2v) is 8.99. The SMILES string of the molecule is CC(C1CC1)N(C(=O)CSc1nc(-c2ccc(F)cc2)cs1)C1CC1. The molecule has 1 heterocycles. The minimum absolute atomic E-state index is 0.241. The normalized spacial score (nSPS) is 18.2. The van der Waals surface area contributed by atoms with E-state index in [1.54, 1.807) is 23.5 Å². The molecule has 2 fully saturated rings. The molecule has 1 amide bonds. The van der Waals surface area contributed by atoms with Gasteiger partial charge in [0.05, 0.1) is 11.4 Å². The lowest BCUT2D eigenvalue weighted by atomic mass is 10.2. The molecule has 4 rings (SSSR count). The molecule has 1 aromatic heterocycles. The first kappa shape index (κ1) is 17.0. The number of thiazole rings is 1. The van der Waals surface area contributed by atoms with Crippen molar-refractivity contribution < 1.29 is 9.18 Å². The van der Waals surface area contributed by atoms with Gasteiger partial charge in [-0.2, -0.15) is 0 Å². The predicted molar refractivity (Wildman–Crippen MR) is 100 cm³/mol. The van der Waals surface area contributed by atoms with Crippen LogP contribution in [0.2, 0.25) is 0 Å². The molecule has 0 spiro atoms. The molecule has 2 aliphatic carbocycles. The van der Waals surface area contributed by atoms with E-state index in [9.17, 15) is 9.18 Å². The van der Waals surface area contributed by atoms with Gasteiger partial charge in [-0.05, 0) is 62.8 Å². The van der Waals surface area contributed by atoms with Gasteiger partial charge in [0.25, 0.3) is 0 Å². The minimum atomic E-state index is -0.246. The summed E-state index contributed by atoms with van der Waals surface area (Å²) in [5.74, 6) is 1.15. The summed E-state index contributed by atoms with van der Waals surface area (Å²) in [6, 6.07) is 7.20. The van der Waals surface area contributed by atoms with Crippen LogP contribution in [-0.4, -0.2) is 33.6 Å². The molecule has 132 valence electrons. The van der Waals surface area contributed by atoms with Crippen LogP contribution < -0.4 is 0 Å². The van der Waals surface area contributed by atoms with E-state index < -0.39 is 0 Å². The minimum Gasteiger partial charge on any atom is -0.336 e. The van der Waals surface area contributed by atoms with E-state index in [0.29, 0.717) is 23.8 Å². The lowest BCUT2D eigenvalue weighted by Gasteiger charge is -2.29. The number of amides is 1. The molecule has 2 aromatic rings. The second kappa shape index (κ2) is 7.08. The van der Waals surface area contributed by atoms with Gasteiger partial charge in [0.1, 0.15) is 5.82 Å². The fourth-order valence-corrected chi connectivity index (χ4v) is 4.90. The van der Waals surface area contributed by atoms with E-state index in [1.807, 2.05) is 5.38 Å². The summed E-state index contributed by atoms with van der Waals surface area (Å²) < 4.78 is 13.9. The molecule has 2 aliphatic rings. The van der Waals surface area contributed by atoms with Crippen molar-refractivity contribution >= 4 is 29.0 Å². The maximum Gasteiger partial charge on any atom is 0.233 e. The summed E-state index contributed by atoms with van der Waals surface area (Å²) in [5, 5.41) is 1.96. The van der Waals surface area contributed by atoms with Crippen molar-refractivity contribution in [2.24, 2.45) is 5.92 Å². The molecular formula is C19H21FN2OS2. The number of benzene rings is 1. The van der Waals surface area contributed by atoms with Crippen molar-refractivity contribution in [3.63, 3.8) is 0 Å². The highest BCUT2D eigenvalue weighted by molar-refractivity contribution is 8.01. The molecule has 0 bridgehead atoms. The Bertz CT molecular complexity index is 753. The number of carbonyl (C=O) groups is 1. The number of aromatic nitrogens is 1. The molecule has 1 atom stereocenters. The van der Waals surface area contributed by atoms with Gasteiger partial charge < -0.3 is 4.90 Å². The summed E-state index contributed by atoms with van der Waals surface area (Å²) in [6.07, 6.45) is 4.83. The van der Waals surface area contributed by atoms with E-state index in [0.717, 1.165) is 28.4 Å². The van der Waals surface area contributed by atoms with Gasteiger partial charge in [-0.15, -0.1) is 11.3 Å². The van der Waals surface area contributed by atoms with E-state index in [4.69, 9.17) is 0 Å². The number of thioether (sulfide) groups is 1. The third-order valence-electron chi connectivity index (χ3n) is 4.91. The average molecular weight is 377 g/mol. The summed E-state index contributed by atoms with van der Waals surface area (Å²) in [7, 11) is 0. The van der Waals surface area contributed by atoms with E-state index in [2.05, 4.69) is 16.8 Å². The van der Waals surface area contributed by atoms with Gasteiger partial charge in [-0.3, -0.25) is 4.79 Å². The van der Waals surface area contributed by atoms with Gasteiger partial charge >= 0.3 is 0 Å². The number of rotatable bonds is 7. The molecule has 25 heavy (non-hydrogen) atoms. The van der Waals surface area contributed by atoms with Crippen LogP contribution in [0.1, 0.15) is 32.6 Å². The topological polar surface area (TPSA) is 33.2 Å². The molecule has 3 nitrogen and oxygen atoms in total. The zero-order valence-electron chi connectivity index (χ0n) is 14.2. The van der Waals surface area contributed by atoms with Crippen molar-refractivity contribution in [3.05, 3.63) is 35.5 Å². The fraction of sp³-hybridized carbons (Fsp3) is 0.474. The lowest BCUT2D eigenvalue weighted by Crippen LogP contribution is -2.42. The van der Waals surface area contributed by atoms with Crippen molar-refractivity contribution in [3.8, 4) is 11.3 Å². The molecule has 0 N–H and O–H groups in total. The van der Waals surface area contributed by atoms with Crippen LogP contribution in [0.25, 0.3) is 11.3 Å². The summed E-state index contributed by atoms with van der Waals surface area (Å²) in [4.78, 5) is 19.4. The Morgan fingerprint density at radius 2 is 2.04 bits per heavy atom. The highest BCUT2D eigenvalue weighted by Gasteiger charge is 2.41. The van der Waals surface area contributed by atoms with E-state index >= 15 is 0 Å². The number of hydrogen-bond donors (Lipinski definition) is 0. The fourth-order valence-electron chi connectivity index (χ4n) is 3.20. The highest BCUT2D eigenvalue weighted by atomic mass is 32.2. The first-order valence-electron chi connectivity index (χ1n) is 8.77. The predicted octanol–water partition coefficient (Wildman–Crippen LogP) is 4.83. The molecule has 1 aromatic carbocycles. The molecule has 6 heteroatoms. The van der Waals surface area contributed by atoms with Crippen molar-refractivity contribution in [2.45, 2.75) is 49.0 Å². The summed E-state index contributed by atoms with van der Waals surface area (Å²) >= 11 is 3.05. The summed E-state index contributed by atoms with van der Waals surface area (Å²) in [5.41, 5.74) is 1.74. The van der Waals surface area contributed by atoms with E-state index in [1.165, 1.54) is 36.7 Å². The number of carbonyl (C=O) groups excluding carboxylic acids is 1. The van der Waals surface area contributed by atoms with Gasteiger partial charge in [0, 0.05) is 23.0 Å². The van der Waals surface area contributed by atoms with Crippen LogP contribution in [-0.2, 0) is 4.79 Å². The van der Waals surface area contributed by atoms with Crippen LogP contribution in [0.3, 0.4) is 0 Å². The molecule has 2 saturated carbocycles. The number of halogens is 1. The Kier molecular flexibility index (Phi) is 4.82. The van der Waals surface area contributed by atoms with Crippen LogP contribution in [0.5, 0.6) is 0 Å². The highest BCUT2D eigenvalue weighted by Crippen LogP contribution is 2.40. The van der Waals surface area contributed by atoms with Crippen molar-refractivity contribution in [1.82, 2.24) is 9.88 Å². The average Bonchev–Trinajstić information content (AvgIpc) is 3.53. The zero-order valence-corrected chi connectivity index (χ0v) is 15.8. The van der Waals surface area contributed by atoms with Crippen molar-refractivity contribution in [1.29, 1.82) is 0 Å². The maximum absolute atomic E-state index is 13.0. The zero-order chi connectivity index (χ0) is 17.4. The van der Waals surface area contributed by atoms with Gasteiger partial charge in [0.2, 0.25) is 5.91 Å². The molecule has 0 radical (unpaired) electrons. The van der Waals surface area contributed by atoms with Crippen LogP contribution in [0.15, 0.2) is 34.0 Å². The molecule has 1 unspecified atom stereocenters. The van der Waals surface area contributed by atoms with Crippen molar-refractivity contribution in [2.75, 3.05) is 5.75 Å². The Hall–Kier alpha value is -1.40. The molecule has 0 saturated heterocycles. The first-order valence-corrected chi connectivity index (χ1v) is 10.6. The maximum atomic E-state index is 13.0. The van der Waals surface area contributed by atoms with Gasteiger partial charge in [-0.1, -0.05) is 11.8 Å². The first-order chi connectivity index (χ1) is 12.1. The Morgan fingerprint density at radius 3 is 2.68 bits per heavy atom. The Balaban J connectivity index is 1.37. The molecule has 0 aliphatic heterocycles. The molecular weight excluding hydrogens is 355 g/mol.